The molecule has 0 bridgehead atoms. The number of aliphatic hydroxyl groups is 1. The summed E-state index contributed by atoms with van der Waals surface area (Å²) < 4.78 is 1.81. The van der Waals surface area contributed by atoms with Crippen molar-refractivity contribution in [1.82, 2.24) is 9.38 Å². The summed E-state index contributed by atoms with van der Waals surface area (Å²) in [6.07, 6.45) is 1.86. The third kappa shape index (κ3) is 2.21. The molecule has 3 N–H and O–H groups in total. The highest BCUT2D eigenvalue weighted by molar-refractivity contribution is 5.76. The Morgan fingerprint density at radius 1 is 1.19 bits per heavy atom. The second kappa shape index (κ2) is 5.10. The summed E-state index contributed by atoms with van der Waals surface area (Å²) in [5, 5.41) is 9.40. The molecule has 1 aromatic carbocycles. The Hall–Kier alpha value is -2.53. The molecule has 0 spiro atoms. The zero-order chi connectivity index (χ0) is 15.0. The van der Waals surface area contributed by atoms with E-state index in [4.69, 9.17) is 5.73 Å². The standard InChI is InChI=1S/C16H18N4O/c1-19(2)13-7-5-11(6-8-13)14-15(17)20-9-3-4-12(10-21)16(20)18-14/h3-9,21H,10,17H2,1-2H3. The summed E-state index contributed by atoms with van der Waals surface area (Å²) in [5.74, 6) is 0.581. The molecular weight excluding hydrogens is 264 g/mol. The molecule has 0 amide bonds. The Labute approximate surface area is 123 Å². The monoisotopic (exact) mass is 282 g/mol. The number of benzene rings is 1. The highest BCUT2D eigenvalue weighted by atomic mass is 16.3. The van der Waals surface area contributed by atoms with Gasteiger partial charge in [-0.15, -0.1) is 0 Å². The minimum Gasteiger partial charge on any atom is -0.392 e. The zero-order valence-electron chi connectivity index (χ0n) is 12.1. The van der Waals surface area contributed by atoms with Crippen LogP contribution in [0.2, 0.25) is 0 Å². The molecule has 0 aliphatic heterocycles. The van der Waals surface area contributed by atoms with Gasteiger partial charge in [0.2, 0.25) is 0 Å². The average molecular weight is 282 g/mol. The van der Waals surface area contributed by atoms with Crippen molar-refractivity contribution in [2.24, 2.45) is 0 Å². The first-order valence-corrected chi connectivity index (χ1v) is 6.76. The van der Waals surface area contributed by atoms with Crippen LogP contribution in [-0.2, 0) is 6.61 Å². The number of pyridine rings is 1. The molecule has 0 fully saturated rings. The van der Waals surface area contributed by atoms with E-state index in [0.717, 1.165) is 22.5 Å². The van der Waals surface area contributed by atoms with Gasteiger partial charge < -0.3 is 15.7 Å². The van der Waals surface area contributed by atoms with Gasteiger partial charge in [-0.05, 0) is 18.2 Å². The maximum atomic E-state index is 9.40. The van der Waals surface area contributed by atoms with Crippen molar-refractivity contribution in [2.75, 3.05) is 24.7 Å². The SMILES string of the molecule is CN(C)c1ccc(-c2nc3c(CO)cccn3c2N)cc1. The molecule has 0 radical (unpaired) electrons. The number of fused-ring (bicyclic) bond motifs is 1. The van der Waals surface area contributed by atoms with Gasteiger partial charge in [-0.25, -0.2) is 4.98 Å². The number of nitrogens with zero attached hydrogens (tertiary/aromatic N) is 3. The van der Waals surface area contributed by atoms with Crippen molar-refractivity contribution in [3.8, 4) is 11.3 Å². The van der Waals surface area contributed by atoms with E-state index >= 15 is 0 Å². The minimum atomic E-state index is -0.0558. The summed E-state index contributed by atoms with van der Waals surface area (Å²) in [6, 6.07) is 11.8. The van der Waals surface area contributed by atoms with Gasteiger partial charge in [0, 0.05) is 37.1 Å². The van der Waals surface area contributed by atoms with Crippen LogP contribution in [0.5, 0.6) is 0 Å². The average Bonchev–Trinajstić information content (AvgIpc) is 2.85. The molecule has 0 saturated heterocycles. The maximum absolute atomic E-state index is 9.40. The van der Waals surface area contributed by atoms with Crippen LogP contribution in [0.3, 0.4) is 0 Å². The fraction of sp³-hybridized carbons (Fsp3) is 0.188. The van der Waals surface area contributed by atoms with Crippen LogP contribution in [0, 0.1) is 0 Å². The largest absolute Gasteiger partial charge is 0.392 e. The molecule has 2 aromatic heterocycles. The van der Waals surface area contributed by atoms with Crippen molar-refractivity contribution in [1.29, 1.82) is 0 Å². The van der Waals surface area contributed by atoms with Gasteiger partial charge in [0.15, 0.2) is 0 Å². The van der Waals surface area contributed by atoms with Gasteiger partial charge in [0.25, 0.3) is 0 Å². The number of aromatic nitrogens is 2. The van der Waals surface area contributed by atoms with Gasteiger partial charge in [0.1, 0.15) is 17.2 Å². The van der Waals surface area contributed by atoms with E-state index in [2.05, 4.69) is 4.98 Å². The molecule has 0 unspecified atom stereocenters. The van der Waals surface area contributed by atoms with Crippen molar-refractivity contribution in [3.63, 3.8) is 0 Å². The van der Waals surface area contributed by atoms with Crippen LogP contribution in [0.25, 0.3) is 16.9 Å². The third-order valence-corrected chi connectivity index (χ3v) is 3.60. The molecule has 21 heavy (non-hydrogen) atoms. The lowest BCUT2D eigenvalue weighted by Gasteiger charge is -2.12. The van der Waals surface area contributed by atoms with Crippen LogP contribution in [0.4, 0.5) is 11.5 Å². The quantitative estimate of drug-likeness (QED) is 0.772. The van der Waals surface area contributed by atoms with Crippen molar-refractivity contribution < 1.29 is 5.11 Å². The summed E-state index contributed by atoms with van der Waals surface area (Å²) in [7, 11) is 4.00. The Morgan fingerprint density at radius 2 is 1.90 bits per heavy atom. The highest BCUT2D eigenvalue weighted by Crippen LogP contribution is 2.28. The molecule has 2 heterocycles. The number of imidazole rings is 1. The number of nitrogen functional groups attached to an aromatic ring is 1. The highest BCUT2D eigenvalue weighted by Gasteiger charge is 2.13. The number of rotatable bonds is 3. The molecule has 108 valence electrons. The first-order chi connectivity index (χ1) is 10.1. The van der Waals surface area contributed by atoms with Crippen LogP contribution >= 0.6 is 0 Å². The molecular formula is C16H18N4O. The first kappa shape index (κ1) is 13.5. The van der Waals surface area contributed by atoms with Crippen LogP contribution in [0.1, 0.15) is 5.56 Å². The number of nitrogens with two attached hydrogens (primary N) is 1. The first-order valence-electron chi connectivity index (χ1n) is 6.76. The van der Waals surface area contributed by atoms with Crippen LogP contribution < -0.4 is 10.6 Å². The van der Waals surface area contributed by atoms with E-state index in [-0.39, 0.29) is 6.61 Å². The normalized spacial score (nSPS) is 11.0. The van der Waals surface area contributed by atoms with Gasteiger partial charge in [-0.1, -0.05) is 18.2 Å². The summed E-state index contributed by atoms with van der Waals surface area (Å²) >= 11 is 0. The van der Waals surface area contributed by atoms with E-state index in [1.165, 1.54) is 0 Å². The molecule has 0 aliphatic carbocycles. The van der Waals surface area contributed by atoms with E-state index in [9.17, 15) is 5.11 Å². The van der Waals surface area contributed by atoms with E-state index in [1.54, 1.807) is 4.40 Å². The molecule has 0 aliphatic rings. The lowest BCUT2D eigenvalue weighted by molar-refractivity contribution is 0.282. The summed E-state index contributed by atoms with van der Waals surface area (Å²) in [5.41, 5.74) is 10.5. The van der Waals surface area contributed by atoms with Crippen molar-refractivity contribution in [3.05, 3.63) is 48.2 Å². The second-order valence-electron chi connectivity index (χ2n) is 5.17. The van der Waals surface area contributed by atoms with Gasteiger partial charge in [0.05, 0.1) is 6.61 Å². The Bertz CT molecular complexity index is 775. The predicted octanol–water partition coefficient (Wildman–Crippen LogP) is 2.14. The Morgan fingerprint density at radius 3 is 2.52 bits per heavy atom. The molecule has 3 aromatic rings. The maximum Gasteiger partial charge on any atom is 0.144 e. The molecule has 0 saturated carbocycles. The van der Waals surface area contributed by atoms with Crippen molar-refractivity contribution in [2.45, 2.75) is 6.61 Å². The lowest BCUT2D eigenvalue weighted by Crippen LogP contribution is -2.07. The lowest BCUT2D eigenvalue weighted by atomic mass is 10.1. The molecule has 5 heteroatoms. The zero-order valence-corrected chi connectivity index (χ0v) is 12.1. The number of anilines is 2. The Kier molecular flexibility index (Phi) is 3.27. The fourth-order valence-electron chi connectivity index (χ4n) is 2.40. The fourth-order valence-corrected chi connectivity index (χ4v) is 2.40. The summed E-state index contributed by atoms with van der Waals surface area (Å²) in [4.78, 5) is 6.63. The van der Waals surface area contributed by atoms with E-state index < -0.39 is 0 Å². The second-order valence-corrected chi connectivity index (χ2v) is 5.17. The third-order valence-electron chi connectivity index (χ3n) is 3.60. The number of aliphatic hydroxyl groups excluding tert-OH is 1. The van der Waals surface area contributed by atoms with E-state index in [0.29, 0.717) is 11.5 Å². The number of hydrogen-bond donors (Lipinski definition) is 2. The van der Waals surface area contributed by atoms with Gasteiger partial charge in [-0.2, -0.15) is 0 Å². The van der Waals surface area contributed by atoms with E-state index in [1.807, 2.05) is 61.6 Å². The molecule has 3 rings (SSSR count). The van der Waals surface area contributed by atoms with Crippen molar-refractivity contribution >= 4 is 17.2 Å². The summed E-state index contributed by atoms with van der Waals surface area (Å²) in [6.45, 7) is -0.0558. The van der Waals surface area contributed by atoms with Crippen LogP contribution in [0.15, 0.2) is 42.6 Å². The molecule has 5 nitrogen and oxygen atoms in total. The number of hydrogen-bond acceptors (Lipinski definition) is 4. The van der Waals surface area contributed by atoms with Crippen LogP contribution in [-0.4, -0.2) is 28.6 Å². The predicted molar refractivity (Wildman–Crippen MR) is 85.3 cm³/mol. The topological polar surface area (TPSA) is 66.8 Å². The molecule has 0 atom stereocenters. The van der Waals surface area contributed by atoms with Gasteiger partial charge in [-0.3, -0.25) is 4.40 Å². The minimum absolute atomic E-state index is 0.0558. The Balaban J connectivity index is 2.14. The van der Waals surface area contributed by atoms with Gasteiger partial charge >= 0.3 is 0 Å². The smallest absolute Gasteiger partial charge is 0.144 e.